The maximum Gasteiger partial charge on any atom is 0.258 e. The maximum absolute atomic E-state index is 13.6. The Hall–Kier alpha value is -4.47. The van der Waals surface area contributed by atoms with Crippen LogP contribution >= 0.6 is 0 Å². The van der Waals surface area contributed by atoms with Gasteiger partial charge in [0.05, 0.1) is 41.1 Å². The molecular weight excluding hydrogens is 506 g/mol. The fourth-order valence-corrected chi connectivity index (χ4v) is 5.87. The zero-order chi connectivity index (χ0) is 27.8. The molecule has 206 valence electrons. The quantitative estimate of drug-likeness (QED) is 0.367. The summed E-state index contributed by atoms with van der Waals surface area (Å²) >= 11 is 0. The summed E-state index contributed by atoms with van der Waals surface area (Å²) < 4.78 is 9.95. The second-order valence-corrected chi connectivity index (χ2v) is 10.4. The number of likely N-dealkylation sites (tertiary alicyclic amines) is 1. The fourth-order valence-electron chi connectivity index (χ4n) is 5.87. The van der Waals surface area contributed by atoms with Crippen molar-refractivity contribution < 1.29 is 14.3 Å². The van der Waals surface area contributed by atoms with E-state index in [9.17, 15) is 9.59 Å². The molecular formula is C30H33N7O3. The number of imidazole rings is 1. The zero-order valence-electron chi connectivity index (χ0n) is 22.9. The highest BCUT2D eigenvalue weighted by Crippen LogP contribution is 2.37. The number of hydrogen-bond donors (Lipinski definition) is 1. The average Bonchev–Trinajstić information content (AvgIpc) is 3.66. The Kier molecular flexibility index (Phi) is 6.83. The minimum Gasteiger partial charge on any atom is -0.477 e. The molecule has 2 aliphatic heterocycles. The number of fused-ring (bicyclic) bond motifs is 7. The molecule has 0 radical (unpaired) electrons. The molecule has 0 aliphatic carbocycles. The van der Waals surface area contributed by atoms with Crippen LogP contribution in [-0.2, 0) is 18.4 Å². The number of carbonyl (C=O) groups is 2. The van der Waals surface area contributed by atoms with Gasteiger partial charge in [-0.1, -0.05) is 18.7 Å². The Balaban J connectivity index is 1.44. The summed E-state index contributed by atoms with van der Waals surface area (Å²) in [7, 11) is 1.84. The summed E-state index contributed by atoms with van der Waals surface area (Å²) in [6, 6.07) is 9.48. The van der Waals surface area contributed by atoms with Gasteiger partial charge in [0.2, 0.25) is 17.7 Å². The number of nitrogens with zero attached hydrogens (tertiary/aromatic N) is 6. The molecule has 0 spiro atoms. The Morgan fingerprint density at radius 1 is 1.15 bits per heavy atom. The predicted octanol–water partition coefficient (Wildman–Crippen LogP) is 4.80. The summed E-state index contributed by atoms with van der Waals surface area (Å²) in [5.41, 5.74) is 5.37. The highest BCUT2D eigenvalue weighted by molar-refractivity contribution is 6.05. The first-order valence-corrected chi connectivity index (χ1v) is 13.8. The van der Waals surface area contributed by atoms with Crippen LogP contribution in [0.1, 0.15) is 59.8 Å². The van der Waals surface area contributed by atoms with Crippen LogP contribution in [0.25, 0.3) is 22.3 Å². The second-order valence-electron chi connectivity index (χ2n) is 10.4. The third kappa shape index (κ3) is 4.63. The lowest BCUT2D eigenvalue weighted by Crippen LogP contribution is -2.29. The van der Waals surface area contributed by atoms with Gasteiger partial charge in [-0.25, -0.2) is 9.67 Å². The van der Waals surface area contributed by atoms with Gasteiger partial charge in [0, 0.05) is 37.0 Å². The van der Waals surface area contributed by atoms with Crippen molar-refractivity contribution in [1.29, 1.82) is 0 Å². The topological polar surface area (TPSA) is 107 Å². The number of anilines is 1. The number of benzene rings is 1. The van der Waals surface area contributed by atoms with Crippen molar-refractivity contribution in [3.05, 3.63) is 66.0 Å². The maximum atomic E-state index is 13.6. The first kappa shape index (κ1) is 25.8. The molecule has 2 aliphatic rings. The van der Waals surface area contributed by atoms with E-state index in [4.69, 9.17) is 9.72 Å². The van der Waals surface area contributed by atoms with E-state index >= 15 is 0 Å². The summed E-state index contributed by atoms with van der Waals surface area (Å²) in [6.07, 6.45) is 7.58. The average molecular weight is 540 g/mol. The van der Waals surface area contributed by atoms with Crippen LogP contribution in [0.15, 0.2) is 49.2 Å². The van der Waals surface area contributed by atoms with Gasteiger partial charge >= 0.3 is 0 Å². The van der Waals surface area contributed by atoms with Crippen LogP contribution < -0.4 is 10.1 Å². The normalized spacial score (nSPS) is 17.8. The molecule has 1 saturated heterocycles. The van der Waals surface area contributed by atoms with E-state index < -0.39 is 0 Å². The van der Waals surface area contributed by atoms with Gasteiger partial charge in [0.25, 0.3) is 5.91 Å². The molecule has 1 unspecified atom stereocenters. The molecule has 6 rings (SSSR count). The molecule has 1 fully saturated rings. The molecule has 5 heterocycles. The van der Waals surface area contributed by atoms with Crippen molar-refractivity contribution in [2.75, 3.05) is 18.5 Å². The number of nitrogens with one attached hydrogen (secondary N) is 1. The molecule has 3 aromatic heterocycles. The molecule has 1 N–H and O–H groups in total. The predicted molar refractivity (Wildman–Crippen MR) is 152 cm³/mol. The smallest absolute Gasteiger partial charge is 0.258 e. The van der Waals surface area contributed by atoms with E-state index in [-0.39, 0.29) is 17.9 Å². The molecule has 2 amide bonds. The van der Waals surface area contributed by atoms with Crippen molar-refractivity contribution in [3.63, 3.8) is 0 Å². The van der Waals surface area contributed by atoms with Crippen LogP contribution in [0.4, 0.5) is 5.95 Å². The molecule has 2 bridgehead atoms. The Bertz CT molecular complexity index is 1620. The molecule has 10 nitrogen and oxygen atoms in total. The van der Waals surface area contributed by atoms with Gasteiger partial charge in [-0.15, -0.1) is 0 Å². The Labute approximate surface area is 232 Å². The van der Waals surface area contributed by atoms with Gasteiger partial charge in [-0.2, -0.15) is 5.10 Å². The minimum atomic E-state index is -0.268. The highest BCUT2D eigenvalue weighted by atomic mass is 16.5. The summed E-state index contributed by atoms with van der Waals surface area (Å²) in [5.74, 6) is 0.800. The lowest BCUT2D eigenvalue weighted by Gasteiger charge is -2.25. The van der Waals surface area contributed by atoms with Crippen LogP contribution in [0.2, 0.25) is 0 Å². The number of hydrogen-bond acceptors (Lipinski definition) is 6. The number of rotatable bonds is 2. The first-order valence-electron chi connectivity index (χ1n) is 13.8. The summed E-state index contributed by atoms with van der Waals surface area (Å²) in [5, 5.41) is 7.45. The van der Waals surface area contributed by atoms with E-state index in [0.717, 1.165) is 54.3 Å². The number of ether oxygens (including phenoxy) is 1. The fraction of sp³-hybridized carbons (Fsp3) is 0.367. The van der Waals surface area contributed by atoms with E-state index in [0.29, 0.717) is 48.5 Å². The molecule has 4 aromatic rings. The molecule has 0 saturated carbocycles. The van der Waals surface area contributed by atoms with Crippen molar-refractivity contribution in [1.82, 2.24) is 29.2 Å². The largest absolute Gasteiger partial charge is 0.477 e. The van der Waals surface area contributed by atoms with E-state index in [1.165, 1.54) is 6.08 Å². The number of pyridine rings is 1. The lowest BCUT2D eigenvalue weighted by molar-refractivity contribution is -0.126. The highest BCUT2D eigenvalue weighted by Gasteiger charge is 2.31. The standard InChI is InChI=1S/C30H33N7O3/c1-4-26(38)36-14-9-12-25(36)21-10-8-11-23-27(21)37-13-6-5-7-15-40-29-22(18-31-35(29)3)24-17-20(16-19(2)32-24)28(39)34-30(37)33-23/h4,8,10-11,16-18,25H,1,5-7,9,12-15H2,2-3H3,(H,33,34,39). The van der Waals surface area contributed by atoms with Gasteiger partial charge in [-0.05, 0) is 63.3 Å². The Morgan fingerprint density at radius 3 is 2.88 bits per heavy atom. The van der Waals surface area contributed by atoms with Gasteiger partial charge in [0.1, 0.15) is 0 Å². The van der Waals surface area contributed by atoms with E-state index in [1.807, 2.05) is 31.0 Å². The molecule has 10 heteroatoms. The van der Waals surface area contributed by atoms with Gasteiger partial charge in [0.15, 0.2) is 0 Å². The number of aromatic nitrogens is 5. The minimum absolute atomic E-state index is 0.0618. The van der Waals surface area contributed by atoms with Crippen LogP contribution in [0.5, 0.6) is 5.88 Å². The van der Waals surface area contributed by atoms with E-state index in [1.54, 1.807) is 23.0 Å². The number of amides is 2. The summed E-state index contributed by atoms with van der Waals surface area (Å²) in [4.78, 5) is 37.7. The van der Waals surface area contributed by atoms with Crippen molar-refractivity contribution in [2.45, 2.75) is 51.6 Å². The molecule has 40 heavy (non-hydrogen) atoms. The Morgan fingerprint density at radius 2 is 2.02 bits per heavy atom. The zero-order valence-corrected chi connectivity index (χ0v) is 22.9. The molecule has 1 atom stereocenters. The first-order chi connectivity index (χ1) is 19.4. The van der Waals surface area contributed by atoms with Gasteiger partial charge in [-0.3, -0.25) is 19.9 Å². The van der Waals surface area contributed by atoms with Gasteiger partial charge < -0.3 is 14.2 Å². The van der Waals surface area contributed by atoms with Crippen molar-refractivity contribution in [2.24, 2.45) is 7.05 Å². The molecule has 1 aromatic carbocycles. The second kappa shape index (κ2) is 10.6. The monoisotopic (exact) mass is 539 g/mol. The van der Waals surface area contributed by atoms with Crippen LogP contribution in [0, 0.1) is 6.92 Å². The number of aryl methyl sites for hydroxylation is 3. The number of carbonyl (C=O) groups excluding carboxylic acids is 2. The van der Waals surface area contributed by atoms with Crippen molar-refractivity contribution >= 4 is 28.8 Å². The van der Waals surface area contributed by atoms with E-state index in [2.05, 4.69) is 32.6 Å². The van der Waals surface area contributed by atoms with Crippen LogP contribution in [-0.4, -0.2) is 54.2 Å². The SMILES string of the molecule is C=CC(=O)N1CCCC1c1cccc2nc3n(c12)CCCCCOc1c(cnn1C)-c1cc(cc(C)n1)C(=O)N3. The summed E-state index contributed by atoms with van der Waals surface area (Å²) in [6.45, 7) is 7.48. The third-order valence-electron chi connectivity index (χ3n) is 7.73. The van der Waals surface area contributed by atoms with Crippen LogP contribution in [0.3, 0.4) is 0 Å². The lowest BCUT2D eigenvalue weighted by atomic mass is 10.0. The third-order valence-corrected chi connectivity index (χ3v) is 7.73. The number of para-hydroxylation sites is 1. The van der Waals surface area contributed by atoms with Crippen molar-refractivity contribution in [3.8, 4) is 17.1 Å².